The lowest BCUT2D eigenvalue weighted by molar-refractivity contribution is 0.306. The van der Waals surface area contributed by atoms with Crippen LogP contribution in [0.5, 0.6) is 5.75 Å². The first-order valence-electron chi connectivity index (χ1n) is 11.4. The fraction of sp³-hybridized carbons (Fsp3) is 0.0968. The molecule has 2 heteroatoms. The number of hydrogen-bond acceptors (Lipinski definition) is 1. The quantitative estimate of drug-likeness (QED) is 0.285. The van der Waals surface area contributed by atoms with Crippen molar-refractivity contribution in [3.05, 3.63) is 138 Å². The van der Waals surface area contributed by atoms with E-state index in [1.54, 1.807) is 0 Å². The van der Waals surface area contributed by atoms with Crippen molar-refractivity contribution in [1.82, 2.24) is 0 Å². The molecule has 1 aliphatic carbocycles. The van der Waals surface area contributed by atoms with Crippen LogP contribution in [0.4, 0.5) is 0 Å². The Kier molecular flexibility index (Phi) is 6.51. The van der Waals surface area contributed by atoms with Crippen LogP contribution in [0, 0.1) is 0 Å². The third-order valence-electron chi connectivity index (χ3n) is 5.98. The summed E-state index contributed by atoms with van der Waals surface area (Å²) in [5.74, 6) is 0.918. The zero-order valence-corrected chi connectivity index (χ0v) is 19.7. The summed E-state index contributed by atoms with van der Waals surface area (Å²) in [5, 5.41) is 4.06. The Balaban J connectivity index is 1.62. The summed E-state index contributed by atoms with van der Waals surface area (Å²) in [6.45, 7) is 2.78. The maximum atomic E-state index is 6.28. The first kappa shape index (κ1) is 21.4. The normalized spacial score (nSPS) is 13.0. The van der Waals surface area contributed by atoms with Gasteiger partial charge in [0.25, 0.3) is 0 Å². The van der Waals surface area contributed by atoms with Crippen LogP contribution < -0.4 is 20.7 Å². The van der Waals surface area contributed by atoms with E-state index in [0.717, 1.165) is 12.2 Å². The van der Waals surface area contributed by atoms with Crippen molar-refractivity contribution >= 4 is 29.4 Å². The second-order valence-electron chi connectivity index (χ2n) is 8.23. The first-order chi connectivity index (χ1) is 16.3. The average molecular weight is 447 g/mol. The van der Waals surface area contributed by atoms with Crippen molar-refractivity contribution in [2.24, 2.45) is 0 Å². The monoisotopic (exact) mass is 446 g/mol. The van der Waals surface area contributed by atoms with E-state index in [1.165, 1.54) is 38.2 Å². The number of allylic oxidation sites excluding steroid dienone is 4. The van der Waals surface area contributed by atoms with Crippen LogP contribution in [0.15, 0.2) is 127 Å². The molecule has 4 aromatic rings. The molecule has 5 rings (SSSR count). The van der Waals surface area contributed by atoms with Crippen molar-refractivity contribution < 1.29 is 4.74 Å². The molecule has 1 aliphatic rings. The number of ether oxygens (including phenoxy) is 1. The Morgan fingerprint density at radius 2 is 1.33 bits per heavy atom. The number of benzene rings is 4. The zero-order valence-electron chi connectivity index (χ0n) is 18.8. The predicted octanol–water partition coefficient (Wildman–Crippen LogP) is 6.76. The molecule has 0 radical (unpaired) electrons. The summed E-state index contributed by atoms with van der Waals surface area (Å²) >= 11 is 0. The lowest BCUT2D eigenvalue weighted by atomic mass is 10.0. The van der Waals surface area contributed by atoms with E-state index in [2.05, 4.69) is 122 Å². The van der Waals surface area contributed by atoms with Crippen molar-refractivity contribution in [2.75, 3.05) is 0 Å². The van der Waals surface area contributed by atoms with Gasteiger partial charge in [-0.3, -0.25) is 0 Å². The molecule has 0 aromatic heterocycles. The third-order valence-corrected chi connectivity index (χ3v) is 8.46. The Morgan fingerprint density at radius 3 is 1.91 bits per heavy atom. The van der Waals surface area contributed by atoms with Crippen LogP contribution in [0.1, 0.15) is 24.5 Å². The Labute approximate surface area is 197 Å². The smallest absolute Gasteiger partial charge is 0.120 e. The lowest BCUT2D eigenvalue weighted by Gasteiger charge is -2.24. The highest BCUT2D eigenvalue weighted by Gasteiger charge is 2.23. The summed E-state index contributed by atoms with van der Waals surface area (Å²) in [4.78, 5) is 0. The van der Waals surface area contributed by atoms with E-state index in [1.807, 2.05) is 6.07 Å². The van der Waals surface area contributed by atoms with Gasteiger partial charge in [-0.25, -0.2) is 0 Å². The Hall–Kier alpha value is -3.41. The minimum Gasteiger partial charge on any atom is -0.489 e. The van der Waals surface area contributed by atoms with E-state index < -0.39 is 7.92 Å². The molecule has 0 bridgehead atoms. The second-order valence-corrected chi connectivity index (χ2v) is 10.4. The van der Waals surface area contributed by atoms with Gasteiger partial charge in [0, 0.05) is 0 Å². The molecule has 33 heavy (non-hydrogen) atoms. The summed E-state index contributed by atoms with van der Waals surface area (Å²) in [6, 6.07) is 38.8. The fourth-order valence-electron chi connectivity index (χ4n) is 4.30. The number of hydrogen-bond donors (Lipinski definition) is 0. The molecule has 0 unspecified atom stereocenters. The van der Waals surface area contributed by atoms with Crippen molar-refractivity contribution in [2.45, 2.75) is 20.0 Å². The van der Waals surface area contributed by atoms with Gasteiger partial charge in [-0.2, -0.15) is 0 Å². The van der Waals surface area contributed by atoms with Crippen molar-refractivity contribution in [3.63, 3.8) is 0 Å². The molecule has 0 fully saturated rings. The van der Waals surface area contributed by atoms with Crippen LogP contribution in [-0.4, -0.2) is 0 Å². The van der Waals surface area contributed by atoms with Gasteiger partial charge in [0.05, 0.1) is 0 Å². The molecule has 1 nitrogen and oxygen atoms in total. The third kappa shape index (κ3) is 4.85. The molecule has 162 valence electrons. The highest BCUT2D eigenvalue weighted by Crippen LogP contribution is 2.39. The highest BCUT2D eigenvalue weighted by atomic mass is 31.1. The van der Waals surface area contributed by atoms with Crippen molar-refractivity contribution in [1.29, 1.82) is 0 Å². The first-order valence-corrected chi connectivity index (χ1v) is 12.7. The summed E-state index contributed by atoms with van der Waals surface area (Å²) in [5.41, 5.74) is 5.28. The molecule has 4 aromatic carbocycles. The molecule has 0 saturated carbocycles. The van der Waals surface area contributed by atoms with Crippen LogP contribution in [0.25, 0.3) is 5.57 Å². The molecule has 0 aliphatic heterocycles. The van der Waals surface area contributed by atoms with Gasteiger partial charge in [-0.1, -0.05) is 109 Å². The molecule has 0 atom stereocenters. The van der Waals surface area contributed by atoms with Crippen molar-refractivity contribution in [3.8, 4) is 5.75 Å². The van der Waals surface area contributed by atoms with E-state index >= 15 is 0 Å². The van der Waals surface area contributed by atoms with Crippen LogP contribution in [0.3, 0.4) is 0 Å². The van der Waals surface area contributed by atoms with Crippen LogP contribution in [0.2, 0.25) is 0 Å². The van der Waals surface area contributed by atoms with Gasteiger partial charge in [0.2, 0.25) is 0 Å². The summed E-state index contributed by atoms with van der Waals surface area (Å²) in [7, 11) is -0.725. The average Bonchev–Trinajstić information content (AvgIpc) is 3.30. The molecule has 0 saturated heterocycles. The van der Waals surface area contributed by atoms with Gasteiger partial charge < -0.3 is 4.74 Å². The largest absolute Gasteiger partial charge is 0.489 e. The van der Waals surface area contributed by atoms with Crippen LogP contribution >= 0.6 is 7.92 Å². The van der Waals surface area contributed by atoms with Gasteiger partial charge in [-0.15, -0.1) is 0 Å². The fourth-order valence-corrected chi connectivity index (χ4v) is 6.80. The van der Waals surface area contributed by atoms with Gasteiger partial charge in [-0.05, 0) is 71.6 Å². The minimum absolute atomic E-state index is 0.567. The molecule has 0 spiro atoms. The summed E-state index contributed by atoms with van der Waals surface area (Å²) in [6.07, 6.45) is 5.49. The standard InChI is InChI=1S/C31H27OP/c1-24-12-11-19-29(24)30-21-20-26(32-23-25-13-5-2-6-14-25)22-31(30)33(27-15-7-3-8-16-27)28-17-9-4-10-18-28/h2-18,20-22H,19,23H2,1H3. The predicted molar refractivity (Wildman–Crippen MR) is 142 cm³/mol. The maximum Gasteiger partial charge on any atom is 0.120 e. The lowest BCUT2D eigenvalue weighted by Crippen LogP contribution is -2.23. The van der Waals surface area contributed by atoms with Gasteiger partial charge in [0.1, 0.15) is 12.4 Å². The van der Waals surface area contributed by atoms with Crippen LogP contribution in [-0.2, 0) is 6.61 Å². The SMILES string of the molecule is CC1=C(c2ccc(OCc3ccccc3)cc2P(c2ccccc2)c2ccccc2)CC=C1. The Morgan fingerprint density at radius 1 is 0.727 bits per heavy atom. The van der Waals surface area contributed by atoms with E-state index in [9.17, 15) is 0 Å². The molecule has 0 amide bonds. The zero-order chi connectivity index (χ0) is 22.5. The van der Waals surface area contributed by atoms with E-state index in [-0.39, 0.29) is 0 Å². The minimum atomic E-state index is -0.725. The highest BCUT2D eigenvalue weighted by molar-refractivity contribution is 7.80. The van der Waals surface area contributed by atoms with E-state index in [4.69, 9.17) is 4.74 Å². The summed E-state index contributed by atoms with van der Waals surface area (Å²) < 4.78 is 6.28. The second kappa shape index (κ2) is 10.0. The Bertz CT molecular complexity index is 1240. The topological polar surface area (TPSA) is 9.23 Å². The van der Waals surface area contributed by atoms with E-state index in [0.29, 0.717) is 6.61 Å². The molecule has 0 heterocycles. The molecular weight excluding hydrogens is 419 g/mol. The molecular formula is C31H27OP. The maximum absolute atomic E-state index is 6.28. The number of rotatable bonds is 7. The van der Waals surface area contributed by atoms with Gasteiger partial charge >= 0.3 is 0 Å². The van der Waals surface area contributed by atoms with Gasteiger partial charge in [0.15, 0.2) is 0 Å². The molecule has 0 N–H and O–H groups in total.